The maximum absolute atomic E-state index is 12.2. The zero-order valence-corrected chi connectivity index (χ0v) is 14.6. The van der Waals surface area contributed by atoms with E-state index in [1.165, 1.54) is 0 Å². The lowest BCUT2D eigenvalue weighted by molar-refractivity contribution is -0.144. The van der Waals surface area contributed by atoms with Crippen molar-refractivity contribution >= 4 is 42.3 Å². The fourth-order valence-electron chi connectivity index (χ4n) is 1.71. The number of rotatable bonds is 12. The van der Waals surface area contributed by atoms with Gasteiger partial charge in [0, 0.05) is 12.2 Å². The highest BCUT2D eigenvalue weighted by Crippen LogP contribution is 2.01. The summed E-state index contributed by atoms with van der Waals surface area (Å²) in [7, 11) is 0. The Morgan fingerprint density at radius 2 is 1.46 bits per heavy atom. The number of hydrogen-bond donors (Lipinski definition) is 8. The Bertz CT molecular complexity index is 544. The van der Waals surface area contributed by atoms with Crippen molar-refractivity contribution < 1.29 is 39.3 Å². The van der Waals surface area contributed by atoms with E-state index in [4.69, 9.17) is 21.1 Å². The molecule has 12 nitrogen and oxygen atoms in total. The van der Waals surface area contributed by atoms with Crippen LogP contribution in [0.5, 0.6) is 0 Å². The van der Waals surface area contributed by atoms with E-state index in [9.17, 15) is 24.0 Å². The molecule has 0 aliphatic rings. The monoisotopic (exact) mass is 394 g/mol. The van der Waals surface area contributed by atoms with Gasteiger partial charge < -0.3 is 37.0 Å². The molecule has 0 spiro atoms. The van der Waals surface area contributed by atoms with Crippen LogP contribution in [0.4, 0.5) is 0 Å². The molecular formula is C13H22N4O8S. The van der Waals surface area contributed by atoms with Gasteiger partial charge in [-0.1, -0.05) is 0 Å². The highest BCUT2D eigenvalue weighted by molar-refractivity contribution is 7.80. The number of aliphatic carboxylic acids is 2. The molecule has 0 aliphatic heterocycles. The molecule has 3 atom stereocenters. The molecule has 0 bridgehead atoms. The van der Waals surface area contributed by atoms with Gasteiger partial charge in [0.05, 0.1) is 13.2 Å². The van der Waals surface area contributed by atoms with Crippen molar-refractivity contribution in [2.75, 3.05) is 18.9 Å². The molecule has 0 aliphatic carbocycles. The number of aliphatic hydroxyl groups excluding tert-OH is 1. The number of nitrogens with two attached hydrogens (primary N) is 1. The first-order chi connectivity index (χ1) is 12.2. The average Bonchev–Trinajstić information content (AvgIpc) is 2.59. The Hall–Kier alpha value is -2.38. The van der Waals surface area contributed by atoms with Gasteiger partial charge in [-0.25, -0.2) is 4.79 Å². The van der Waals surface area contributed by atoms with E-state index in [1.54, 1.807) is 0 Å². The summed E-state index contributed by atoms with van der Waals surface area (Å²) < 4.78 is 0. The van der Waals surface area contributed by atoms with Crippen molar-refractivity contribution in [3.63, 3.8) is 0 Å². The van der Waals surface area contributed by atoms with Crippen LogP contribution < -0.4 is 21.7 Å². The van der Waals surface area contributed by atoms with Gasteiger partial charge in [-0.05, 0) is 6.42 Å². The lowest BCUT2D eigenvalue weighted by Gasteiger charge is -2.23. The molecule has 0 heterocycles. The first kappa shape index (κ1) is 23.6. The highest BCUT2D eigenvalue weighted by Gasteiger charge is 2.29. The molecule has 8 N–H and O–H groups in total. The molecule has 0 aromatic heterocycles. The first-order valence-corrected chi connectivity index (χ1v) is 8.05. The van der Waals surface area contributed by atoms with E-state index < -0.39 is 60.8 Å². The molecule has 0 aromatic rings. The van der Waals surface area contributed by atoms with Crippen LogP contribution in [0.3, 0.4) is 0 Å². The van der Waals surface area contributed by atoms with Crippen molar-refractivity contribution in [2.24, 2.45) is 5.73 Å². The Morgan fingerprint density at radius 3 is 1.88 bits per heavy atom. The van der Waals surface area contributed by atoms with Gasteiger partial charge in [0.1, 0.15) is 18.1 Å². The van der Waals surface area contributed by atoms with Crippen molar-refractivity contribution in [1.29, 1.82) is 0 Å². The fourth-order valence-corrected chi connectivity index (χ4v) is 1.97. The topological polar surface area (TPSA) is 208 Å². The molecule has 0 aromatic carbocycles. The summed E-state index contributed by atoms with van der Waals surface area (Å²) in [6.45, 7) is -1.27. The summed E-state index contributed by atoms with van der Waals surface area (Å²) >= 11 is 3.90. The third kappa shape index (κ3) is 8.64. The largest absolute Gasteiger partial charge is 0.481 e. The SMILES string of the molecule is NCC(=O)NC(CS)C(=O)NC(CCC(=O)O)C(=O)NC(CO)C(=O)O. The van der Waals surface area contributed by atoms with Gasteiger partial charge in [0.15, 0.2) is 0 Å². The van der Waals surface area contributed by atoms with Crippen molar-refractivity contribution in [2.45, 2.75) is 31.0 Å². The number of carboxylic acid groups (broad SMARTS) is 2. The number of hydrogen-bond acceptors (Lipinski definition) is 8. The smallest absolute Gasteiger partial charge is 0.328 e. The molecule has 0 saturated heterocycles. The number of carbonyl (C=O) groups excluding carboxylic acids is 3. The van der Waals surface area contributed by atoms with Gasteiger partial charge in [0.2, 0.25) is 17.7 Å². The minimum atomic E-state index is -1.62. The Morgan fingerprint density at radius 1 is 0.923 bits per heavy atom. The second-order valence-electron chi connectivity index (χ2n) is 5.08. The third-order valence-corrected chi connectivity index (χ3v) is 3.46. The minimum absolute atomic E-state index is 0.126. The molecule has 0 rings (SSSR count). The zero-order chi connectivity index (χ0) is 20.3. The molecule has 3 unspecified atom stereocenters. The third-order valence-electron chi connectivity index (χ3n) is 3.10. The van der Waals surface area contributed by atoms with Crippen molar-refractivity contribution in [3.05, 3.63) is 0 Å². The van der Waals surface area contributed by atoms with Crippen molar-refractivity contribution in [3.8, 4) is 0 Å². The minimum Gasteiger partial charge on any atom is -0.481 e. The predicted octanol–water partition coefficient (Wildman–Crippen LogP) is -3.73. The highest BCUT2D eigenvalue weighted by atomic mass is 32.1. The number of aliphatic hydroxyl groups is 1. The van der Waals surface area contributed by atoms with Crippen LogP contribution in [0.25, 0.3) is 0 Å². The van der Waals surface area contributed by atoms with Gasteiger partial charge in [-0.3, -0.25) is 19.2 Å². The van der Waals surface area contributed by atoms with Crippen LogP contribution in [0, 0.1) is 0 Å². The Kier molecular flexibility index (Phi) is 10.9. The van der Waals surface area contributed by atoms with Crippen LogP contribution in [-0.4, -0.2) is 82.0 Å². The maximum Gasteiger partial charge on any atom is 0.328 e. The van der Waals surface area contributed by atoms with E-state index in [0.717, 1.165) is 0 Å². The van der Waals surface area contributed by atoms with Gasteiger partial charge in [-0.2, -0.15) is 12.6 Å². The van der Waals surface area contributed by atoms with Crippen LogP contribution in [0.2, 0.25) is 0 Å². The summed E-state index contributed by atoms with van der Waals surface area (Å²) in [5.41, 5.74) is 5.13. The lowest BCUT2D eigenvalue weighted by atomic mass is 10.1. The molecular weight excluding hydrogens is 372 g/mol. The lowest BCUT2D eigenvalue weighted by Crippen LogP contribution is -2.57. The van der Waals surface area contributed by atoms with Crippen LogP contribution in [-0.2, 0) is 24.0 Å². The normalized spacial score (nSPS) is 13.8. The fraction of sp³-hybridized carbons (Fsp3) is 0.615. The summed E-state index contributed by atoms with van der Waals surface area (Å²) in [5.74, 6) is -5.34. The van der Waals surface area contributed by atoms with Gasteiger partial charge in [0.25, 0.3) is 0 Å². The molecule has 0 radical (unpaired) electrons. The predicted molar refractivity (Wildman–Crippen MR) is 90.3 cm³/mol. The average molecular weight is 394 g/mol. The molecule has 26 heavy (non-hydrogen) atoms. The summed E-state index contributed by atoms with van der Waals surface area (Å²) in [6, 6.07) is -4.16. The van der Waals surface area contributed by atoms with E-state index in [1.807, 2.05) is 5.32 Å². The summed E-state index contributed by atoms with van der Waals surface area (Å²) in [5, 5.41) is 33.0. The van der Waals surface area contributed by atoms with E-state index in [0.29, 0.717) is 0 Å². The van der Waals surface area contributed by atoms with Crippen LogP contribution in [0.15, 0.2) is 0 Å². The standard InChI is InChI=1S/C13H22N4O8S/c14-3-9(19)15-8(5-26)12(23)16-6(1-2-10(20)21)11(22)17-7(4-18)13(24)25/h6-8,18,26H,1-5,14H2,(H,15,19)(H,16,23)(H,17,22)(H,20,21)(H,24,25). The van der Waals surface area contributed by atoms with Gasteiger partial charge in [-0.15, -0.1) is 0 Å². The number of nitrogens with one attached hydrogen (secondary N) is 3. The Labute approximate surface area is 153 Å². The molecule has 0 saturated carbocycles. The van der Waals surface area contributed by atoms with E-state index >= 15 is 0 Å². The number of amides is 3. The van der Waals surface area contributed by atoms with Crippen LogP contribution in [0.1, 0.15) is 12.8 Å². The zero-order valence-electron chi connectivity index (χ0n) is 13.7. The second kappa shape index (κ2) is 12.1. The molecule has 148 valence electrons. The molecule has 3 amide bonds. The summed E-state index contributed by atoms with van der Waals surface area (Å²) in [6.07, 6.45) is -0.829. The molecule has 13 heteroatoms. The number of thiol groups is 1. The van der Waals surface area contributed by atoms with Crippen molar-refractivity contribution in [1.82, 2.24) is 16.0 Å². The second-order valence-corrected chi connectivity index (χ2v) is 5.45. The molecule has 0 fully saturated rings. The van der Waals surface area contributed by atoms with E-state index in [-0.39, 0.29) is 18.7 Å². The van der Waals surface area contributed by atoms with E-state index in [2.05, 4.69) is 23.3 Å². The van der Waals surface area contributed by atoms with Crippen LogP contribution >= 0.6 is 12.6 Å². The number of carbonyl (C=O) groups is 5. The summed E-state index contributed by atoms with van der Waals surface area (Å²) in [4.78, 5) is 57.2. The number of carboxylic acids is 2. The first-order valence-electron chi connectivity index (χ1n) is 7.42. The van der Waals surface area contributed by atoms with Gasteiger partial charge >= 0.3 is 11.9 Å². The Balaban J connectivity index is 5.13. The quantitative estimate of drug-likeness (QED) is 0.153. The maximum atomic E-state index is 12.2.